The maximum absolute atomic E-state index is 13.3. The van der Waals surface area contributed by atoms with E-state index in [0.717, 1.165) is 25.0 Å². The number of rotatable bonds is 4. The predicted octanol–water partition coefficient (Wildman–Crippen LogP) is 2.19. The van der Waals surface area contributed by atoms with E-state index in [1.54, 1.807) is 0 Å². The molecule has 0 saturated heterocycles. The molecule has 0 aromatic heterocycles. The Hall–Kier alpha value is -1.49. The van der Waals surface area contributed by atoms with E-state index >= 15 is 0 Å². The summed E-state index contributed by atoms with van der Waals surface area (Å²) in [5, 5.41) is 20.1. The molecular weight excluding hydrogens is 213 g/mol. The standard InChI is InChI=1S/C11H12FNO3/c12-10-2-1-9(13(15)16)7-8(10)3-4-11(14)5-6-11/h1-2,7,14H,3-6H2. The van der Waals surface area contributed by atoms with Gasteiger partial charge in [0.15, 0.2) is 0 Å². The van der Waals surface area contributed by atoms with Crippen molar-refractivity contribution in [1.82, 2.24) is 0 Å². The molecule has 0 unspecified atom stereocenters. The van der Waals surface area contributed by atoms with E-state index in [1.165, 1.54) is 6.07 Å². The van der Waals surface area contributed by atoms with Crippen molar-refractivity contribution < 1.29 is 14.4 Å². The molecule has 2 rings (SSSR count). The summed E-state index contributed by atoms with van der Waals surface area (Å²) in [6.45, 7) is 0. The Morgan fingerprint density at radius 3 is 2.75 bits per heavy atom. The lowest BCUT2D eigenvalue weighted by Gasteiger charge is -2.07. The van der Waals surface area contributed by atoms with Crippen LogP contribution in [0.25, 0.3) is 0 Å². The van der Waals surface area contributed by atoms with E-state index in [1.807, 2.05) is 0 Å². The van der Waals surface area contributed by atoms with Gasteiger partial charge in [-0.3, -0.25) is 10.1 Å². The van der Waals surface area contributed by atoms with Crippen molar-refractivity contribution in [2.24, 2.45) is 0 Å². The van der Waals surface area contributed by atoms with Gasteiger partial charge in [-0.2, -0.15) is 0 Å². The number of hydrogen-bond acceptors (Lipinski definition) is 3. The molecule has 1 aromatic rings. The van der Waals surface area contributed by atoms with Crippen molar-refractivity contribution in [1.29, 1.82) is 0 Å². The molecule has 5 heteroatoms. The zero-order valence-corrected chi connectivity index (χ0v) is 8.65. The van der Waals surface area contributed by atoms with Crippen LogP contribution < -0.4 is 0 Å². The average molecular weight is 225 g/mol. The Kier molecular flexibility index (Phi) is 2.63. The summed E-state index contributed by atoms with van der Waals surface area (Å²) in [6.07, 6.45) is 2.28. The average Bonchev–Trinajstić information content (AvgIpc) is 2.95. The Labute approximate surface area is 91.9 Å². The molecule has 0 aliphatic heterocycles. The smallest absolute Gasteiger partial charge is 0.269 e. The zero-order valence-electron chi connectivity index (χ0n) is 8.65. The summed E-state index contributed by atoms with van der Waals surface area (Å²) < 4.78 is 13.3. The molecule has 0 spiro atoms. The number of aliphatic hydroxyl groups is 1. The summed E-state index contributed by atoms with van der Waals surface area (Å²) in [5.41, 5.74) is -0.467. The number of nitrogens with zero attached hydrogens (tertiary/aromatic N) is 1. The van der Waals surface area contributed by atoms with Gasteiger partial charge < -0.3 is 5.11 Å². The van der Waals surface area contributed by atoms with E-state index in [9.17, 15) is 19.6 Å². The van der Waals surface area contributed by atoms with Crippen LogP contribution in [0.4, 0.5) is 10.1 Å². The number of halogens is 1. The highest BCUT2D eigenvalue weighted by molar-refractivity contribution is 5.35. The van der Waals surface area contributed by atoms with Gasteiger partial charge in [0, 0.05) is 12.1 Å². The normalized spacial score (nSPS) is 17.1. The van der Waals surface area contributed by atoms with E-state index in [-0.39, 0.29) is 5.69 Å². The number of non-ortho nitro benzene ring substituents is 1. The van der Waals surface area contributed by atoms with Gasteiger partial charge in [-0.05, 0) is 37.3 Å². The van der Waals surface area contributed by atoms with Crippen LogP contribution in [0.15, 0.2) is 18.2 Å². The van der Waals surface area contributed by atoms with Crippen LogP contribution in [0.3, 0.4) is 0 Å². The lowest BCUT2D eigenvalue weighted by atomic mass is 10.0. The molecule has 1 aliphatic carbocycles. The second kappa shape index (κ2) is 3.83. The Bertz CT molecular complexity index is 429. The van der Waals surface area contributed by atoms with Gasteiger partial charge in [-0.15, -0.1) is 0 Å². The molecule has 1 aromatic carbocycles. The molecule has 0 atom stereocenters. The Morgan fingerprint density at radius 2 is 2.19 bits per heavy atom. The first-order chi connectivity index (χ1) is 7.50. The minimum Gasteiger partial charge on any atom is -0.390 e. The lowest BCUT2D eigenvalue weighted by Crippen LogP contribution is -2.08. The Balaban J connectivity index is 2.12. The van der Waals surface area contributed by atoms with Crippen LogP contribution in [-0.2, 0) is 6.42 Å². The monoisotopic (exact) mass is 225 g/mol. The SMILES string of the molecule is O=[N+]([O-])c1ccc(F)c(CCC2(O)CC2)c1. The molecule has 0 bridgehead atoms. The molecule has 1 saturated carbocycles. The second-order valence-electron chi connectivity index (χ2n) is 4.26. The number of benzene rings is 1. The number of aryl methyl sites for hydroxylation is 1. The largest absolute Gasteiger partial charge is 0.390 e. The summed E-state index contributed by atoms with van der Waals surface area (Å²) in [5.74, 6) is -0.449. The highest BCUT2D eigenvalue weighted by atomic mass is 19.1. The van der Waals surface area contributed by atoms with Crippen molar-refractivity contribution in [2.75, 3.05) is 0 Å². The van der Waals surface area contributed by atoms with Crippen molar-refractivity contribution >= 4 is 5.69 Å². The van der Waals surface area contributed by atoms with Gasteiger partial charge >= 0.3 is 0 Å². The first kappa shape index (κ1) is 11.0. The zero-order chi connectivity index (χ0) is 11.8. The molecule has 16 heavy (non-hydrogen) atoms. The number of hydrogen-bond donors (Lipinski definition) is 1. The van der Waals surface area contributed by atoms with Gasteiger partial charge in [0.05, 0.1) is 10.5 Å². The molecule has 0 heterocycles. The summed E-state index contributed by atoms with van der Waals surface area (Å²) in [7, 11) is 0. The maximum atomic E-state index is 13.3. The van der Waals surface area contributed by atoms with Crippen LogP contribution in [0.1, 0.15) is 24.8 Å². The van der Waals surface area contributed by atoms with E-state index in [0.29, 0.717) is 18.4 Å². The van der Waals surface area contributed by atoms with Gasteiger partial charge in [0.1, 0.15) is 5.82 Å². The molecule has 1 N–H and O–H groups in total. The molecular formula is C11H12FNO3. The van der Waals surface area contributed by atoms with Crippen LogP contribution in [0.5, 0.6) is 0 Å². The lowest BCUT2D eigenvalue weighted by molar-refractivity contribution is -0.385. The molecule has 4 nitrogen and oxygen atoms in total. The van der Waals surface area contributed by atoms with E-state index in [2.05, 4.69) is 0 Å². The highest BCUT2D eigenvalue weighted by Gasteiger charge is 2.39. The van der Waals surface area contributed by atoms with Crippen molar-refractivity contribution in [3.8, 4) is 0 Å². The van der Waals surface area contributed by atoms with Crippen molar-refractivity contribution in [3.63, 3.8) is 0 Å². The van der Waals surface area contributed by atoms with Crippen molar-refractivity contribution in [3.05, 3.63) is 39.7 Å². The molecule has 1 fully saturated rings. The van der Waals surface area contributed by atoms with Crippen LogP contribution in [0, 0.1) is 15.9 Å². The fraction of sp³-hybridized carbons (Fsp3) is 0.455. The minimum atomic E-state index is -0.656. The van der Waals surface area contributed by atoms with Crippen LogP contribution in [-0.4, -0.2) is 15.6 Å². The predicted molar refractivity (Wildman–Crippen MR) is 55.6 cm³/mol. The summed E-state index contributed by atoms with van der Waals surface area (Å²) in [6, 6.07) is 3.48. The third-order valence-electron chi connectivity index (χ3n) is 2.93. The number of nitro benzene ring substituents is 1. The molecule has 0 amide bonds. The first-order valence-corrected chi connectivity index (χ1v) is 5.15. The van der Waals surface area contributed by atoms with Gasteiger partial charge in [0.25, 0.3) is 5.69 Å². The van der Waals surface area contributed by atoms with E-state index in [4.69, 9.17) is 0 Å². The topological polar surface area (TPSA) is 63.4 Å². The minimum absolute atomic E-state index is 0.112. The highest BCUT2D eigenvalue weighted by Crippen LogP contribution is 2.39. The van der Waals surface area contributed by atoms with Gasteiger partial charge in [0.2, 0.25) is 0 Å². The summed E-state index contributed by atoms with van der Waals surface area (Å²) in [4.78, 5) is 9.96. The fourth-order valence-electron chi connectivity index (χ4n) is 1.63. The van der Waals surface area contributed by atoms with Gasteiger partial charge in [-0.25, -0.2) is 4.39 Å². The van der Waals surface area contributed by atoms with Crippen LogP contribution >= 0.6 is 0 Å². The fourth-order valence-corrected chi connectivity index (χ4v) is 1.63. The Morgan fingerprint density at radius 1 is 1.50 bits per heavy atom. The molecule has 0 radical (unpaired) electrons. The third-order valence-corrected chi connectivity index (χ3v) is 2.93. The second-order valence-corrected chi connectivity index (χ2v) is 4.26. The van der Waals surface area contributed by atoms with Crippen LogP contribution in [0.2, 0.25) is 0 Å². The number of nitro groups is 1. The quantitative estimate of drug-likeness (QED) is 0.631. The van der Waals surface area contributed by atoms with Crippen molar-refractivity contribution in [2.45, 2.75) is 31.3 Å². The summed E-state index contributed by atoms with van der Waals surface area (Å²) >= 11 is 0. The van der Waals surface area contributed by atoms with E-state index < -0.39 is 16.3 Å². The maximum Gasteiger partial charge on any atom is 0.269 e. The van der Waals surface area contributed by atoms with Gasteiger partial charge in [-0.1, -0.05) is 0 Å². The third kappa shape index (κ3) is 2.36. The molecule has 1 aliphatic rings. The first-order valence-electron chi connectivity index (χ1n) is 5.15. The molecule has 86 valence electrons.